The lowest BCUT2D eigenvalue weighted by molar-refractivity contribution is 0.520. The summed E-state index contributed by atoms with van der Waals surface area (Å²) in [5.74, 6) is 0.276. The van der Waals surface area contributed by atoms with E-state index in [1.54, 1.807) is 12.1 Å². The fraction of sp³-hybridized carbons (Fsp3) is 0.500. The van der Waals surface area contributed by atoms with Crippen molar-refractivity contribution in [2.24, 2.45) is 0 Å². The van der Waals surface area contributed by atoms with Crippen LogP contribution in [0.2, 0.25) is 0 Å². The predicted octanol–water partition coefficient (Wildman–Crippen LogP) is 0.536. The number of sulfonamides is 1. The summed E-state index contributed by atoms with van der Waals surface area (Å²) < 4.78 is 48.0. The maximum atomic E-state index is 12.0. The van der Waals surface area contributed by atoms with Crippen LogP contribution in [-0.2, 0) is 19.9 Å². The van der Waals surface area contributed by atoms with E-state index < -0.39 is 19.9 Å². The minimum absolute atomic E-state index is 0.0949. The van der Waals surface area contributed by atoms with Crippen molar-refractivity contribution in [1.29, 1.82) is 0 Å². The number of sulfone groups is 1. The molecule has 1 atom stereocenters. The van der Waals surface area contributed by atoms with Gasteiger partial charge in [-0.25, -0.2) is 21.1 Å². The second kappa shape index (κ2) is 5.34. The Kier molecular flexibility index (Phi) is 4.08. The Bertz CT molecular complexity index is 696. The second-order valence-electron chi connectivity index (χ2n) is 5.06. The number of benzene rings is 1. The Morgan fingerprint density at radius 1 is 1.30 bits per heavy atom. The van der Waals surface area contributed by atoms with Crippen molar-refractivity contribution in [2.45, 2.75) is 17.4 Å². The maximum Gasteiger partial charge on any atom is 0.242 e. The lowest BCUT2D eigenvalue weighted by atomic mass is 10.2. The van der Waals surface area contributed by atoms with Gasteiger partial charge in [0.05, 0.1) is 16.4 Å². The molecule has 1 saturated heterocycles. The molecule has 1 aromatic carbocycles. The van der Waals surface area contributed by atoms with Crippen LogP contribution < -0.4 is 5.32 Å². The first-order chi connectivity index (χ1) is 9.21. The van der Waals surface area contributed by atoms with Gasteiger partial charge in [0.2, 0.25) is 10.0 Å². The normalized spacial score (nSPS) is 22.1. The summed E-state index contributed by atoms with van der Waals surface area (Å²) in [7, 11) is -3.49. The van der Waals surface area contributed by atoms with Gasteiger partial charge in [-0.15, -0.1) is 0 Å². The molecule has 1 aliphatic rings. The van der Waals surface area contributed by atoms with Crippen LogP contribution >= 0.6 is 0 Å². The molecule has 0 amide bonds. The van der Waals surface area contributed by atoms with Gasteiger partial charge in [-0.05, 0) is 24.6 Å². The van der Waals surface area contributed by atoms with Crippen molar-refractivity contribution >= 4 is 25.5 Å². The molecule has 2 rings (SSSR count). The highest BCUT2D eigenvalue weighted by atomic mass is 32.2. The van der Waals surface area contributed by atoms with Gasteiger partial charge < -0.3 is 5.32 Å². The lowest BCUT2D eigenvalue weighted by Gasteiger charge is -2.15. The highest BCUT2D eigenvalue weighted by Crippen LogP contribution is 2.21. The molecule has 1 fully saturated rings. The van der Waals surface area contributed by atoms with Gasteiger partial charge in [0.15, 0.2) is 9.84 Å². The van der Waals surface area contributed by atoms with Crippen LogP contribution in [0.3, 0.4) is 0 Å². The third-order valence-electron chi connectivity index (χ3n) is 3.22. The van der Waals surface area contributed by atoms with Crippen molar-refractivity contribution in [3.8, 4) is 0 Å². The average Bonchev–Trinajstić information content (AvgIpc) is 2.68. The van der Waals surface area contributed by atoms with Gasteiger partial charge in [0.25, 0.3) is 0 Å². The van der Waals surface area contributed by atoms with E-state index >= 15 is 0 Å². The van der Waals surface area contributed by atoms with Gasteiger partial charge in [-0.2, -0.15) is 0 Å². The first-order valence-corrected chi connectivity index (χ1v) is 9.46. The highest BCUT2D eigenvalue weighted by molar-refractivity contribution is 7.91. The van der Waals surface area contributed by atoms with Crippen LogP contribution in [0.5, 0.6) is 0 Å². The van der Waals surface area contributed by atoms with Gasteiger partial charge in [0, 0.05) is 25.8 Å². The van der Waals surface area contributed by atoms with Crippen LogP contribution in [0.15, 0.2) is 29.2 Å². The van der Waals surface area contributed by atoms with E-state index in [0.29, 0.717) is 12.1 Å². The van der Waals surface area contributed by atoms with Gasteiger partial charge in [-0.3, -0.25) is 0 Å². The van der Waals surface area contributed by atoms with E-state index in [-0.39, 0.29) is 22.4 Å². The molecule has 0 bridgehead atoms. The Morgan fingerprint density at radius 2 is 2.00 bits per heavy atom. The summed E-state index contributed by atoms with van der Waals surface area (Å²) in [6, 6.07) is 6.27. The third-order valence-corrected chi connectivity index (χ3v) is 6.79. The lowest BCUT2D eigenvalue weighted by Crippen LogP contribution is -2.23. The number of hydrogen-bond donors (Lipinski definition) is 1. The first kappa shape index (κ1) is 15.3. The number of nitrogens with zero attached hydrogens (tertiary/aromatic N) is 1. The topological polar surface area (TPSA) is 83.6 Å². The zero-order chi connectivity index (χ0) is 15.0. The summed E-state index contributed by atoms with van der Waals surface area (Å²) in [6.45, 7) is 0. The molecule has 0 aliphatic carbocycles. The molecule has 1 aromatic rings. The van der Waals surface area contributed by atoms with Crippen LogP contribution in [0, 0.1) is 0 Å². The van der Waals surface area contributed by atoms with E-state index in [9.17, 15) is 16.8 Å². The van der Waals surface area contributed by atoms with Gasteiger partial charge in [-0.1, -0.05) is 6.07 Å². The fourth-order valence-corrected chi connectivity index (χ4v) is 4.72. The summed E-state index contributed by atoms with van der Waals surface area (Å²) in [5.41, 5.74) is 0.620. The molecule has 0 aromatic heterocycles. The number of rotatable bonds is 4. The third kappa shape index (κ3) is 3.31. The van der Waals surface area contributed by atoms with Gasteiger partial charge >= 0.3 is 0 Å². The highest BCUT2D eigenvalue weighted by Gasteiger charge is 2.28. The molecular weight excluding hydrogens is 300 g/mol. The average molecular weight is 318 g/mol. The van der Waals surface area contributed by atoms with Crippen LogP contribution in [0.1, 0.15) is 6.42 Å². The maximum absolute atomic E-state index is 12.0. The van der Waals surface area contributed by atoms with Crippen LogP contribution in [0.4, 0.5) is 5.69 Å². The SMILES string of the molecule is CN(C)S(=O)(=O)c1cccc(NC2CCS(=O)(=O)C2)c1. The number of nitrogens with one attached hydrogen (secondary N) is 1. The van der Waals surface area contributed by atoms with Crippen molar-refractivity contribution < 1.29 is 16.8 Å². The van der Waals surface area contributed by atoms with E-state index in [1.807, 2.05) is 0 Å². The minimum atomic E-state index is -3.48. The molecule has 6 nitrogen and oxygen atoms in total. The summed E-state index contributed by atoms with van der Waals surface area (Å²) in [5, 5.41) is 3.09. The number of hydrogen-bond acceptors (Lipinski definition) is 5. The Morgan fingerprint density at radius 3 is 2.55 bits per heavy atom. The van der Waals surface area contributed by atoms with Crippen LogP contribution in [-0.4, -0.2) is 52.8 Å². The Hall–Kier alpha value is -1.12. The first-order valence-electron chi connectivity index (χ1n) is 6.20. The molecule has 0 spiro atoms. The molecule has 0 saturated carbocycles. The molecular formula is C12H18N2O4S2. The quantitative estimate of drug-likeness (QED) is 0.876. The molecule has 1 heterocycles. The Balaban J connectivity index is 2.19. The van der Waals surface area contributed by atoms with E-state index in [4.69, 9.17) is 0 Å². The fourth-order valence-electron chi connectivity index (χ4n) is 2.10. The van der Waals surface area contributed by atoms with E-state index in [1.165, 1.54) is 26.2 Å². The monoisotopic (exact) mass is 318 g/mol. The molecule has 1 aliphatic heterocycles. The smallest absolute Gasteiger partial charge is 0.242 e. The van der Waals surface area contributed by atoms with Crippen molar-refractivity contribution in [3.05, 3.63) is 24.3 Å². The zero-order valence-electron chi connectivity index (χ0n) is 11.4. The van der Waals surface area contributed by atoms with Crippen molar-refractivity contribution in [1.82, 2.24) is 4.31 Å². The minimum Gasteiger partial charge on any atom is -0.381 e. The number of anilines is 1. The molecule has 20 heavy (non-hydrogen) atoms. The predicted molar refractivity (Wildman–Crippen MR) is 78.0 cm³/mol. The van der Waals surface area contributed by atoms with Gasteiger partial charge in [0.1, 0.15) is 0 Å². The largest absolute Gasteiger partial charge is 0.381 e. The summed E-state index contributed by atoms with van der Waals surface area (Å²) in [6.07, 6.45) is 0.549. The molecule has 8 heteroatoms. The zero-order valence-corrected chi connectivity index (χ0v) is 13.0. The van der Waals surface area contributed by atoms with E-state index in [2.05, 4.69) is 5.32 Å². The van der Waals surface area contributed by atoms with Crippen LogP contribution in [0.25, 0.3) is 0 Å². The van der Waals surface area contributed by atoms with Crippen molar-refractivity contribution in [3.63, 3.8) is 0 Å². The summed E-state index contributed by atoms with van der Waals surface area (Å²) >= 11 is 0. The van der Waals surface area contributed by atoms with Crippen molar-refractivity contribution in [2.75, 3.05) is 30.9 Å². The molecule has 112 valence electrons. The summed E-state index contributed by atoms with van der Waals surface area (Å²) in [4.78, 5) is 0.188. The molecule has 0 radical (unpaired) electrons. The standard InChI is InChI=1S/C12H18N2O4S2/c1-14(2)20(17,18)12-5-3-4-10(8-12)13-11-6-7-19(15,16)9-11/h3-5,8,11,13H,6-7,9H2,1-2H3. The second-order valence-corrected chi connectivity index (χ2v) is 9.44. The Labute approximate surface area is 119 Å². The molecule has 1 N–H and O–H groups in total. The van der Waals surface area contributed by atoms with E-state index in [0.717, 1.165) is 4.31 Å². The molecule has 1 unspecified atom stereocenters.